The van der Waals surface area contributed by atoms with Crippen molar-refractivity contribution in [3.63, 3.8) is 0 Å². The third-order valence-electron chi connectivity index (χ3n) is 2.33. The molecule has 0 aromatic heterocycles. The Bertz CT molecular complexity index is 413. The van der Waals surface area contributed by atoms with E-state index in [2.05, 4.69) is 0 Å². The lowest BCUT2D eigenvalue weighted by Crippen LogP contribution is -2.52. The van der Waals surface area contributed by atoms with Crippen LogP contribution in [0.15, 0.2) is 0 Å². The van der Waals surface area contributed by atoms with Gasteiger partial charge in [0, 0.05) is 6.54 Å². The molecule has 0 aromatic rings. The van der Waals surface area contributed by atoms with Crippen molar-refractivity contribution in [2.75, 3.05) is 32.6 Å². The molecule has 112 valence electrons. The van der Waals surface area contributed by atoms with Gasteiger partial charge in [0.05, 0.1) is 32.1 Å². The number of carbonyl (C=O) groups excluding carboxylic acids is 1. The van der Waals surface area contributed by atoms with Crippen LogP contribution in [0.1, 0.15) is 20.8 Å². The smallest absolute Gasteiger partial charge is 0.410 e. The van der Waals surface area contributed by atoms with Crippen molar-refractivity contribution in [3.8, 4) is 0 Å². The number of nitrogens with zero attached hydrogens (tertiary/aromatic N) is 1. The molecule has 0 bridgehead atoms. The Kier molecular flexibility index (Phi) is 5.17. The van der Waals surface area contributed by atoms with Crippen LogP contribution in [0.25, 0.3) is 0 Å². The number of ether oxygens (including phenoxy) is 2. The molecule has 0 N–H and O–H groups in total. The van der Waals surface area contributed by atoms with Crippen molar-refractivity contribution < 1.29 is 26.9 Å². The number of morpholine rings is 1. The molecule has 1 atom stereocenters. The summed E-state index contributed by atoms with van der Waals surface area (Å²) in [6, 6.07) is -0.460. The first-order chi connectivity index (χ1) is 8.58. The molecule has 1 amide bonds. The van der Waals surface area contributed by atoms with E-state index in [1.54, 1.807) is 20.8 Å². The summed E-state index contributed by atoms with van der Waals surface area (Å²) in [5.74, 6) is 0. The zero-order valence-corrected chi connectivity index (χ0v) is 12.5. The molecule has 1 aliphatic rings. The second-order valence-electron chi connectivity index (χ2n) is 5.39. The summed E-state index contributed by atoms with van der Waals surface area (Å²) in [6.45, 7) is 6.17. The summed E-state index contributed by atoms with van der Waals surface area (Å²) in [4.78, 5) is 13.4. The Morgan fingerprint density at radius 3 is 2.58 bits per heavy atom. The van der Waals surface area contributed by atoms with Crippen LogP contribution in [0.2, 0.25) is 0 Å². The molecule has 0 aliphatic carbocycles. The lowest BCUT2D eigenvalue weighted by molar-refractivity contribution is -0.0413. The molecule has 0 radical (unpaired) electrons. The Morgan fingerprint density at radius 1 is 1.42 bits per heavy atom. The summed E-state index contributed by atoms with van der Waals surface area (Å²) in [6.07, 6.45) is 0.479. The molecule has 0 aromatic carbocycles. The van der Waals surface area contributed by atoms with E-state index in [9.17, 15) is 13.2 Å². The highest BCUT2D eigenvalue weighted by molar-refractivity contribution is 7.85. The largest absolute Gasteiger partial charge is 0.444 e. The zero-order valence-electron chi connectivity index (χ0n) is 11.7. The standard InChI is InChI=1S/C11H21NO6S/c1-11(2,3)18-10(13)12-5-6-16-7-9(12)8-17-19(4,14)15/h9H,5-8H2,1-4H3/t9-/m1/s1. The number of hydrogen-bond donors (Lipinski definition) is 0. The fraction of sp³-hybridized carbons (Fsp3) is 0.909. The minimum absolute atomic E-state index is 0.127. The molecule has 1 heterocycles. The van der Waals surface area contributed by atoms with Crippen molar-refractivity contribution in [3.05, 3.63) is 0 Å². The second kappa shape index (κ2) is 6.06. The first-order valence-corrected chi connectivity index (χ1v) is 7.82. The van der Waals surface area contributed by atoms with Gasteiger partial charge in [-0.25, -0.2) is 4.79 Å². The van der Waals surface area contributed by atoms with Crippen LogP contribution in [0.3, 0.4) is 0 Å². The maximum absolute atomic E-state index is 12.0. The third kappa shape index (κ3) is 6.22. The Labute approximate surface area is 113 Å². The van der Waals surface area contributed by atoms with Gasteiger partial charge < -0.3 is 9.47 Å². The van der Waals surface area contributed by atoms with Gasteiger partial charge in [0.2, 0.25) is 0 Å². The van der Waals surface area contributed by atoms with E-state index in [4.69, 9.17) is 13.7 Å². The Balaban J connectivity index is 2.64. The summed E-state index contributed by atoms with van der Waals surface area (Å²) < 4.78 is 37.2. The maximum atomic E-state index is 12.0. The summed E-state index contributed by atoms with van der Waals surface area (Å²) in [5.41, 5.74) is -0.600. The van der Waals surface area contributed by atoms with Gasteiger partial charge in [0.25, 0.3) is 10.1 Å². The number of carbonyl (C=O) groups is 1. The third-order valence-corrected chi connectivity index (χ3v) is 2.89. The van der Waals surface area contributed by atoms with Gasteiger partial charge in [-0.05, 0) is 20.8 Å². The van der Waals surface area contributed by atoms with Crippen molar-refractivity contribution in [2.45, 2.75) is 32.4 Å². The van der Waals surface area contributed by atoms with Gasteiger partial charge in [-0.3, -0.25) is 9.08 Å². The lowest BCUT2D eigenvalue weighted by Gasteiger charge is -2.36. The molecule has 8 heteroatoms. The molecule has 1 saturated heterocycles. The molecule has 0 unspecified atom stereocenters. The van der Waals surface area contributed by atoms with Crippen LogP contribution in [0.4, 0.5) is 4.79 Å². The van der Waals surface area contributed by atoms with E-state index in [0.29, 0.717) is 13.2 Å². The molecular formula is C11H21NO6S. The quantitative estimate of drug-likeness (QED) is 0.709. The van der Waals surface area contributed by atoms with Crippen LogP contribution in [-0.2, 0) is 23.8 Å². The zero-order chi connectivity index (χ0) is 14.7. The SMILES string of the molecule is CC(C)(C)OC(=O)N1CCOC[C@@H]1COS(C)(=O)=O. The van der Waals surface area contributed by atoms with Crippen LogP contribution >= 0.6 is 0 Å². The van der Waals surface area contributed by atoms with E-state index in [1.807, 2.05) is 0 Å². The van der Waals surface area contributed by atoms with Crippen LogP contribution in [0.5, 0.6) is 0 Å². The van der Waals surface area contributed by atoms with Gasteiger partial charge in [0.15, 0.2) is 0 Å². The number of amides is 1. The van der Waals surface area contributed by atoms with E-state index in [1.165, 1.54) is 4.90 Å². The van der Waals surface area contributed by atoms with Crippen LogP contribution in [-0.4, -0.2) is 63.7 Å². The normalized spacial score (nSPS) is 21.3. The average molecular weight is 295 g/mol. The van der Waals surface area contributed by atoms with Crippen LogP contribution < -0.4 is 0 Å². The molecular weight excluding hydrogens is 274 g/mol. The monoisotopic (exact) mass is 295 g/mol. The minimum atomic E-state index is -3.54. The minimum Gasteiger partial charge on any atom is -0.444 e. The van der Waals surface area contributed by atoms with Crippen molar-refractivity contribution >= 4 is 16.2 Å². The summed E-state index contributed by atoms with van der Waals surface area (Å²) in [7, 11) is -3.54. The first kappa shape index (κ1) is 16.2. The van der Waals surface area contributed by atoms with Crippen molar-refractivity contribution in [1.82, 2.24) is 4.90 Å². The Hall–Kier alpha value is -0.860. The average Bonchev–Trinajstić information content (AvgIpc) is 2.23. The second-order valence-corrected chi connectivity index (χ2v) is 7.04. The highest BCUT2D eigenvalue weighted by Gasteiger charge is 2.31. The van der Waals surface area contributed by atoms with Crippen molar-refractivity contribution in [2.24, 2.45) is 0 Å². The molecule has 7 nitrogen and oxygen atoms in total. The molecule has 1 aliphatic heterocycles. The van der Waals surface area contributed by atoms with E-state index in [0.717, 1.165) is 6.26 Å². The molecule has 19 heavy (non-hydrogen) atoms. The predicted molar refractivity (Wildman–Crippen MR) is 68.3 cm³/mol. The molecule has 0 spiro atoms. The first-order valence-electron chi connectivity index (χ1n) is 6.00. The summed E-state index contributed by atoms with van der Waals surface area (Å²) >= 11 is 0. The van der Waals surface area contributed by atoms with E-state index >= 15 is 0 Å². The molecule has 0 saturated carbocycles. The fourth-order valence-electron chi connectivity index (χ4n) is 1.56. The molecule has 1 rings (SSSR count). The number of rotatable bonds is 3. The topological polar surface area (TPSA) is 82.1 Å². The van der Waals surface area contributed by atoms with Gasteiger partial charge in [-0.1, -0.05) is 0 Å². The highest BCUT2D eigenvalue weighted by Crippen LogP contribution is 2.15. The molecule has 1 fully saturated rings. The van der Waals surface area contributed by atoms with Gasteiger partial charge in [-0.15, -0.1) is 0 Å². The predicted octanol–water partition coefficient (Wildman–Crippen LogP) is 0.599. The van der Waals surface area contributed by atoms with Crippen molar-refractivity contribution in [1.29, 1.82) is 0 Å². The van der Waals surface area contributed by atoms with Crippen LogP contribution in [0, 0.1) is 0 Å². The van der Waals surface area contributed by atoms with Gasteiger partial charge >= 0.3 is 6.09 Å². The fourth-order valence-corrected chi connectivity index (χ4v) is 1.96. The summed E-state index contributed by atoms with van der Waals surface area (Å²) in [5, 5.41) is 0. The van der Waals surface area contributed by atoms with Gasteiger partial charge in [0.1, 0.15) is 5.60 Å². The highest BCUT2D eigenvalue weighted by atomic mass is 32.2. The lowest BCUT2D eigenvalue weighted by atomic mass is 10.2. The maximum Gasteiger partial charge on any atom is 0.410 e. The number of hydrogen-bond acceptors (Lipinski definition) is 6. The van der Waals surface area contributed by atoms with Gasteiger partial charge in [-0.2, -0.15) is 8.42 Å². The Morgan fingerprint density at radius 2 is 2.05 bits per heavy atom. The van der Waals surface area contributed by atoms with E-state index < -0.39 is 27.9 Å². The van der Waals surface area contributed by atoms with E-state index in [-0.39, 0.29) is 13.2 Å².